The minimum absolute atomic E-state index is 0.305. The molecule has 0 saturated carbocycles. The second-order valence-corrected chi connectivity index (χ2v) is 5.68. The molecule has 0 fully saturated rings. The fourth-order valence-corrected chi connectivity index (χ4v) is 2.61. The molecule has 0 amide bonds. The maximum Gasteiger partial charge on any atom is 0.359 e. The van der Waals surface area contributed by atoms with E-state index in [0.29, 0.717) is 18.0 Å². The van der Waals surface area contributed by atoms with Crippen molar-refractivity contribution in [3.63, 3.8) is 0 Å². The summed E-state index contributed by atoms with van der Waals surface area (Å²) in [6, 6.07) is 9.67. The van der Waals surface area contributed by atoms with Crippen molar-refractivity contribution >= 4 is 33.3 Å². The SMILES string of the molecule is CCOC(=O)/C(=N\c1ccc(CC)cc1Br)c1cccn1C. The molecule has 2 rings (SSSR count). The first-order valence-electron chi connectivity index (χ1n) is 7.22. The van der Waals surface area contributed by atoms with Crippen LogP contribution in [0.3, 0.4) is 0 Å². The van der Waals surface area contributed by atoms with E-state index in [0.717, 1.165) is 16.6 Å². The van der Waals surface area contributed by atoms with E-state index in [-0.39, 0.29) is 0 Å². The van der Waals surface area contributed by atoms with Gasteiger partial charge in [-0.15, -0.1) is 0 Å². The average Bonchev–Trinajstić information content (AvgIpc) is 2.92. The summed E-state index contributed by atoms with van der Waals surface area (Å²) in [5.74, 6) is -0.421. The van der Waals surface area contributed by atoms with Crippen LogP contribution in [-0.4, -0.2) is 22.9 Å². The molecule has 0 unspecified atom stereocenters. The molecule has 4 nitrogen and oxygen atoms in total. The lowest BCUT2D eigenvalue weighted by Crippen LogP contribution is -2.21. The van der Waals surface area contributed by atoms with Crippen molar-refractivity contribution in [2.75, 3.05) is 6.61 Å². The number of esters is 1. The lowest BCUT2D eigenvalue weighted by atomic mass is 10.1. The van der Waals surface area contributed by atoms with Gasteiger partial charge in [-0.25, -0.2) is 9.79 Å². The van der Waals surface area contributed by atoms with Crippen LogP contribution in [0.15, 0.2) is 46.0 Å². The summed E-state index contributed by atoms with van der Waals surface area (Å²) in [7, 11) is 1.87. The minimum Gasteiger partial charge on any atom is -0.461 e. The summed E-state index contributed by atoms with van der Waals surface area (Å²) in [5.41, 5.74) is 2.95. The average molecular weight is 363 g/mol. The number of carbonyl (C=O) groups is 1. The van der Waals surface area contributed by atoms with Gasteiger partial charge in [0.25, 0.3) is 0 Å². The highest BCUT2D eigenvalue weighted by molar-refractivity contribution is 9.10. The zero-order valence-electron chi connectivity index (χ0n) is 13.0. The smallest absolute Gasteiger partial charge is 0.359 e. The summed E-state index contributed by atoms with van der Waals surface area (Å²) in [6.45, 7) is 4.20. The number of aryl methyl sites for hydroxylation is 2. The zero-order chi connectivity index (χ0) is 16.1. The number of carbonyl (C=O) groups excluding carboxylic acids is 1. The normalized spacial score (nSPS) is 11.5. The van der Waals surface area contributed by atoms with Gasteiger partial charge in [0.05, 0.1) is 18.0 Å². The third-order valence-corrected chi connectivity index (χ3v) is 3.94. The van der Waals surface area contributed by atoms with Crippen LogP contribution in [0, 0.1) is 0 Å². The molecule has 0 bridgehead atoms. The van der Waals surface area contributed by atoms with Crippen LogP contribution >= 0.6 is 15.9 Å². The van der Waals surface area contributed by atoms with E-state index in [9.17, 15) is 4.79 Å². The predicted molar refractivity (Wildman–Crippen MR) is 91.8 cm³/mol. The Hall–Kier alpha value is -1.88. The minimum atomic E-state index is -0.421. The fourth-order valence-electron chi connectivity index (χ4n) is 2.10. The Morgan fingerprint density at radius 1 is 1.32 bits per heavy atom. The maximum absolute atomic E-state index is 12.3. The summed E-state index contributed by atoms with van der Waals surface area (Å²) >= 11 is 3.52. The molecule has 0 aliphatic rings. The van der Waals surface area contributed by atoms with Gasteiger partial charge in [0.1, 0.15) is 0 Å². The molecule has 2 aromatic rings. The Labute approximate surface area is 139 Å². The van der Waals surface area contributed by atoms with Crippen molar-refractivity contribution in [2.24, 2.45) is 12.0 Å². The zero-order valence-corrected chi connectivity index (χ0v) is 14.6. The maximum atomic E-state index is 12.3. The number of benzene rings is 1. The third-order valence-electron chi connectivity index (χ3n) is 3.31. The van der Waals surface area contributed by atoms with E-state index in [2.05, 4.69) is 27.8 Å². The summed E-state index contributed by atoms with van der Waals surface area (Å²) < 4.78 is 7.86. The molecule has 0 spiro atoms. The van der Waals surface area contributed by atoms with Crippen LogP contribution in [0.2, 0.25) is 0 Å². The van der Waals surface area contributed by atoms with Crippen LogP contribution in [0.25, 0.3) is 0 Å². The summed E-state index contributed by atoms with van der Waals surface area (Å²) in [6.07, 6.45) is 2.82. The van der Waals surface area contributed by atoms with Crippen LogP contribution < -0.4 is 0 Å². The number of hydrogen-bond acceptors (Lipinski definition) is 3. The van der Waals surface area contributed by atoms with Crippen molar-refractivity contribution in [3.05, 3.63) is 52.3 Å². The topological polar surface area (TPSA) is 43.6 Å². The van der Waals surface area contributed by atoms with E-state index in [4.69, 9.17) is 4.74 Å². The van der Waals surface area contributed by atoms with E-state index >= 15 is 0 Å². The monoisotopic (exact) mass is 362 g/mol. The van der Waals surface area contributed by atoms with Crippen LogP contribution in [-0.2, 0) is 23.0 Å². The van der Waals surface area contributed by atoms with Gasteiger partial charge < -0.3 is 9.30 Å². The van der Waals surface area contributed by atoms with Crippen LogP contribution in [0.5, 0.6) is 0 Å². The van der Waals surface area contributed by atoms with Gasteiger partial charge in [-0.3, -0.25) is 0 Å². The van der Waals surface area contributed by atoms with Crippen molar-refractivity contribution < 1.29 is 9.53 Å². The first-order chi connectivity index (χ1) is 10.6. The van der Waals surface area contributed by atoms with Crippen molar-refractivity contribution in [1.82, 2.24) is 4.57 Å². The molecule has 0 saturated heterocycles. The fraction of sp³-hybridized carbons (Fsp3) is 0.294. The molecule has 22 heavy (non-hydrogen) atoms. The van der Waals surface area contributed by atoms with Crippen LogP contribution in [0.1, 0.15) is 25.1 Å². The first-order valence-corrected chi connectivity index (χ1v) is 8.02. The van der Waals surface area contributed by atoms with Crippen molar-refractivity contribution in [3.8, 4) is 0 Å². The van der Waals surface area contributed by atoms with Gasteiger partial charge in [-0.2, -0.15) is 0 Å². The molecular formula is C17H19BrN2O2. The van der Waals surface area contributed by atoms with Crippen molar-refractivity contribution in [1.29, 1.82) is 0 Å². The molecule has 0 radical (unpaired) electrons. The Balaban J connectivity index is 2.49. The molecule has 1 aromatic heterocycles. The highest BCUT2D eigenvalue weighted by Crippen LogP contribution is 2.27. The van der Waals surface area contributed by atoms with Gasteiger partial charge >= 0.3 is 5.97 Å². The number of nitrogens with zero attached hydrogens (tertiary/aromatic N) is 2. The Kier molecular flexibility index (Phi) is 5.55. The number of ether oxygens (including phenoxy) is 1. The Bertz CT molecular complexity index is 704. The standard InChI is InChI=1S/C17H19BrN2O2/c1-4-12-8-9-14(13(18)11-12)19-16(17(21)22-5-2)15-7-6-10-20(15)3/h6-11H,4-5H2,1-3H3/b19-16-. The largest absolute Gasteiger partial charge is 0.461 e. The van der Waals surface area contributed by atoms with Crippen molar-refractivity contribution in [2.45, 2.75) is 20.3 Å². The number of aromatic nitrogens is 1. The van der Waals surface area contributed by atoms with E-state index in [1.54, 1.807) is 6.92 Å². The number of hydrogen-bond donors (Lipinski definition) is 0. The Morgan fingerprint density at radius 2 is 2.09 bits per heavy atom. The van der Waals surface area contributed by atoms with Gasteiger partial charge in [-0.05, 0) is 59.1 Å². The van der Waals surface area contributed by atoms with E-state index in [1.165, 1.54) is 5.56 Å². The molecule has 116 valence electrons. The summed E-state index contributed by atoms with van der Waals surface area (Å²) in [4.78, 5) is 16.8. The van der Waals surface area contributed by atoms with Gasteiger partial charge in [0.15, 0.2) is 5.71 Å². The third kappa shape index (κ3) is 3.65. The highest BCUT2D eigenvalue weighted by Gasteiger charge is 2.18. The molecule has 1 aromatic carbocycles. The molecule has 0 N–H and O–H groups in total. The highest BCUT2D eigenvalue weighted by atomic mass is 79.9. The molecule has 0 aliphatic heterocycles. The molecular weight excluding hydrogens is 344 g/mol. The number of halogens is 1. The van der Waals surface area contributed by atoms with Gasteiger partial charge in [0, 0.05) is 17.7 Å². The van der Waals surface area contributed by atoms with Gasteiger partial charge in [-0.1, -0.05) is 13.0 Å². The Morgan fingerprint density at radius 3 is 2.64 bits per heavy atom. The molecule has 5 heteroatoms. The first kappa shape index (κ1) is 16.5. The predicted octanol–water partition coefficient (Wildman–Crippen LogP) is 4.03. The second kappa shape index (κ2) is 7.40. The quantitative estimate of drug-likeness (QED) is 0.595. The lowest BCUT2D eigenvalue weighted by Gasteiger charge is -2.09. The molecule has 1 heterocycles. The lowest BCUT2D eigenvalue weighted by molar-refractivity contribution is -0.134. The molecule has 0 atom stereocenters. The van der Waals surface area contributed by atoms with E-state index < -0.39 is 5.97 Å². The van der Waals surface area contributed by atoms with Gasteiger partial charge in [0.2, 0.25) is 0 Å². The number of rotatable bonds is 5. The number of aliphatic imine (C=N–C) groups is 1. The second-order valence-electron chi connectivity index (χ2n) is 4.82. The summed E-state index contributed by atoms with van der Waals surface area (Å²) in [5, 5.41) is 0. The van der Waals surface area contributed by atoms with Crippen LogP contribution in [0.4, 0.5) is 5.69 Å². The van der Waals surface area contributed by atoms with E-state index in [1.807, 2.05) is 48.1 Å². The molecule has 0 aliphatic carbocycles.